The lowest BCUT2D eigenvalue weighted by Crippen LogP contribution is -2.53. The van der Waals surface area contributed by atoms with Gasteiger partial charge in [-0.3, -0.25) is 0 Å². The lowest BCUT2D eigenvalue weighted by molar-refractivity contribution is -0.179. The van der Waals surface area contributed by atoms with Gasteiger partial charge in [0.25, 0.3) is 0 Å². The van der Waals surface area contributed by atoms with Crippen LogP contribution in [0.25, 0.3) is 0 Å². The summed E-state index contributed by atoms with van der Waals surface area (Å²) in [5, 5.41) is 11.2. The number of hydrogen-bond donors (Lipinski definition) is 1. The molecular weight excluding hydrogens is 272 g/mol. The van der Waals surface area contributed by atoms with Gasteiger partial charge in [-0.15, -0.1) is 0 Å². The fraction of sp³-hybridized carbons (Fsp3) is 1.00. The van der Waals surface area contributed by atoms with Gasteiger partial charge in [-0.1, -0.05) is 13.8 Å². The molecular formula is C16H28O3S. The topological polar surface area (TPSA) is 38.7 Å². The van der Waals surface area contributed by atoms with Crippen LogP contribution in [0.2, 0.25) is 0 Å². The predicted octanol–water partition coefficient (Wildman–Crippen LogP) is 2.85. The van der Waals surface area contributed by atoms with Crippen LogP contribution in [-0.4, -0.2) is 47.1 Å². The lowest BCUT2D eigenvalue weighted by atomic mass is 9.70. The molecule has 1 N–H and O–H groups in total. The zero-order chi connectivity index (χ0) is 14.2. The van der Waals surface area contributed by atoms with Crippen molar-refractivity contribution in [2.24, 2.45) is 11.8 Å². The Morgan fingerprint density at radius 3 is 2.75 bits per heavy atom. The first-order valence-electron chi connectivity index (χ1n) is 8.09. The van der Waals surface area contributed by atoms with Crippen molar-refractivity contribution in [1.29, 1.82) is 0 Å². The van der Waals surface area contributed by atoms with Crippen LogP contribution in [0.3, 0.4) is 0 Å². The van der Waals surface area contributed by atoms with Crippen LogP contribution in [0.15, 0.2) is 0 Å². The summed E-state index contributed by atoms with van der Waals surface area (Å²) in [6.45, 7) is 5.91. The minimum Gasteiger partial charge on any atom is -0.389 e. The molecule has 116 valence electrons. The standard InChI is InChI=1S/C16H28O3S/c1-12(2)14-10-16(17,4-7-18-14)13-3-6-19-15(9-13)5-8-20-11-15/h12-14,17H,3-11H2,1-2H3. The van der Waals surface area contributed by atoms with Crippen molar-refractivity contribution in [3.05, 3.63) is 0 Å². The van der Waals surface area contributed by atoms with Gasteiger partial charge >= 0.3 is 0 Å². The van der Waals surface area contributed by atoms with Gasteiger partial charge in [0.15, 0.2) is 0 Å². The average Bonchev–Trinajstić information content (AvgIpc) is 2.87. The van der Waals surface area contributed by atoms with Gasteiger partial charge < -0.3 is 14.6 Å². The zero-order valence-electron chi connectivity index (χ0n) is 12.8. The van der Waals surface area contributed by atoms with Crippen molar-refractivity contribution in [2.75, 3.05) is 24.7 Å². The van der Waals surface area contributed by atoms with E-state index in [1.54, 1.807) is 0 Å². The van der Waals surface area contributed by atoms with E-state index in [0.29, 0.717) is 18.4 Å². The van der Waals surface area contributed by atoms with E-state index < -0.39 is 5.60 Å². The number of thioether (sulfide) groups is 1. The molecule has 4 unspecified atom stereocenters. The summed E-state index contributed by atoms with van der Waals surface area (Å²) in [6, 6.07) is 0. The highest BCUT2D eigenvalue weighted by Gasteiger charge is 2.49. The van der Waals surface area contributed by atoms with Crippen molar-refractivity contribution in [3.8, 4) is 0 Å². The Balaban J connectivity index is 1.70. The third kappa shape index (κ3) is 2.90. The van der Waals surface area contributed by atoms with Crippen molar-refractivity contribution in [1.82, 2.24) is 0 Å². The summed E-state index contributed by atoms with van der Waals surface area (Å²) in [4.78, 5) is 0. The molecule has 3 aliphatic heterocycles. The summed E-state index contributed by atoms with van der Waals surface area (Å²) in [6.07, 6.45) is 5.03. The molecule has 0 aromatic carbocycles. The minimum absolute atomic E-state index is 0.0644. The molecule has 20 heavy (non-hydrogen) atoms. The first-order valence-corrected chi connectivity index (χ1v) is 9.24. The second-order valence-corrected chi connectivity index (χ2v) is 8.34. The van der Waals surface area contributed by atoms with E-state index in [0.717, 1.165) is 44.5 Å². The number of ether oxygens (including phenoxy) is 2. The Labute approximate surface area is 126 Å². The van der Waals surface area contributed by atoms with E-state index in [9.17, 15) is 5.11 Å². The first kappa shape index (κ1) is 15.1. The Hall–Kier alpha value is 0.230. The Bertz CT molecular complexity index is 341. The quantitative estimate of drug-likeness (QED) is 0.851. The van der Waals surface area contributed by atoms with E-state index in [-0.39, 0.29) is 11.7 Å². The second-order valence-electron chi connectivity index (χ2n) is 7.23. The Morgan fingerprint density at radius 2 is 2.05 bits per heavy atom. The summed E-state index contributed by atoms with van der Waals surface area (Å²) in [5.74, 6) is 3.20. The molecule has 0 aromatic rings. The lowest BCUT2D eigenvalue weighted by Gasteiger charge is -2.48. The molecule has 3 fully saturated rings. The van der Waals surface area contributed by atoms with Gasteiger partial charge in [0.05, 0.1) is 17.3 Å². The molecule has 0 radical (unpaired) electrons. The van der Waals surface area contributed by atoms with E-state index >= 15 is 0 Å². The summed E-state index contributed by atoms with van der Waals surface area (Å²) < 4.78 is 12.0. The smallest absolute Gasteiger partial charge is 0.0784 e. The van der Waals surface area contributed by atoms with Crippen LogP contribution in [-0.2, 0) is 9.47 Å². The summed E-state index contributed by atoms with van der Waals surface area (Å²) in [5.41, 5.74) is -0.466. The maximum absolute atomic E-state index is 11.2. The molecule has 0 aromatic heterocycles. The Morgan fingerprint density at radius 1 is 1.20 bits per heavy atom. The highest BCUT2D eigenvalue weighted by atomic mass is 32.2. The van der Waals surface area contributed by atoms with Gasteiger partial charge in [-0.25, -0.2) is 0 Å². The average molecular weight is 300 g/mol. The molecule has 3 heterocycles. The number of rotatable bonds is 2. The van der Waals surface area contributed by atoms with E-state index in [1.807, 2.05) is 11.8 Å². The van der Waals surface area contributed by atoms with Gasteiger partial charge in [0.2, 0.25) is 0 Å². The fourth-order valence-electron chi connectivity index (χ4n) is 4.05. The third-order valence-corrected chi connectivity index (χ3v) is 6.71. The van der Waals surface area contributed by atoms with Crippen LogP contribution in [0.1, 0.15) is 46.0 Å². The predicted molar refractivity (Wildman–Crippen MR) is 82.1 cm³/mol. The molecule has 0 aliphatic carbocycles. The monoisotopic (exact) mass is 300 g/mol. The molecule has 1 spiro atoms. The normalized spacial score (nSPS) is 46.2. The molecule has 0 saturated carbocycles. The molecule has 3 nitrogen and oxygen atoms in total. The third-order valence-electron chi connectivity index (χ3n) is 5.49. The SMILES string of the molecule is CC(C)C1CC(O)(C2CCOC3(CCSC3)C2)CCO1. The molecule has 3 saturated heterocycles. The molecule has 0 amide bonds. The van der Waals surface area contributed by atoms with Crippen molar-refractivity contribution >= 4 is 11.8 Å². The van der Waals surface area contributed by atoms with Crippen LogP contribution in [0, 0.1) is 11.8 Å². The number of hydrogen-bond acceptors (Lipinski definition) is 4. The second kappa shape index (κ2) is 5.79. The number of aliphatic hydroxyl groups is 1. The largest absolute Gasteiger partial charge is 0.389 e. The summed E-state index contributed by atoms with van der Waals surface area (Å²) in [7, 11) is 0. The molecule has 3 rings (SSSR count). The van der Waals surface area contributed by atoms with Crippen LogP contribution in [0.4, 0.5) is 0 Å². The van der Waals surface area contributed by atoms with E-state index in [4.69, 9.17) is 9.47 Å². The Kier molecular flexibility index (Phi) is 4.38. The zero-order valence-corrected chi connectivity index (χ0v) is 13.6. The highest BCUT2D eigenvalue weighted by Crippen LogP contribution is 2.46. The van der Waals surface area contributed by atoms with Crippen molar-refractivity contribution < 1.29 is 14.6 Å². The maximum atomic E-state index is 11.2. The molecule has 4 atom stereocenters. The molecule has 4 heteroatoms. The van der Waals surface area contributed by atoms with Crippen LogP contribution >= 0.6 is 11.8 Å². The van der Waals surface area contributed by atoms with Gasteiger partial charge in [-0.2, -0.15) is 11.8 Å². The molecule has 3 aliphatic rings. The van der Waals surface area contributed by atoms with Crippen molar-refractivity contribution in [2.45, 2.75) is 63.3 Å². The maximum Gasteiger partial charge on any atom is 0.0784 e. The first-order chi connectivity index (χ1) is 9.53. The van der Waals surface area contributed by atoms with Gasteiger partial charge in [0, 0.05) is 25.4 Å². The van der Waals surface area contributed by atoms with Crippen LogP contribution in [0.5, 0.6) is 0 Å². The van der Waals surface area contributed by atoms with Crippen molar-refractivity contribution in [3.63, 3.8) is 0 Å². The fourth-order valence-corrected chi connectivity index (χ4v) is 5.42. The van der Waals surface area contributed by atoms with Crippen LogP contribution < -0.4 is 0 Å². The molecule has 0 bridgehead atoms. The van der Waals surface area contributed by atoms with Gasteiger partial charge in [-0.05, 0) is 43.3 Å². The van der Waals surface area contributed by atoms with E-state index in [2.05, 4.69) is 13.8 Å². The van der Waals surface area contributed by atoms with E-state index in [1.165, 1.54) is 5.75 Å². The highest BCUT2D eigenvalue weighted by molar-refractivity contribution is 7.99. The minimum atomic E-state index is -0.531. The van der Waals surface area contributed by atoms with Gasteiger partial charge in [0.1, 0.15) is 0 Å². The summed E-state index contributed by atoms with van der Waals surface area (Å²) >= 11 is 2.00.